The highest BCUT2D eigenvalue weighted by Crippen LogP contribution is 2.29. The quantitative estimate of drug-likeness (QED) is 0.689. The normalized spacial score (nSPS) is 12.6. The van der Waals surface area contributed by atoms with E-state index in [1.165, 1.54) is 30.4 Å². The summed E-state index contributed by atoms with van der Waals surface area (Å²) in [5.74, 6) is 0.922. The van der Waals surface area contributed by atoms with Crippen molar-refractivity contribution in [3.05, 3.63) is 18.2 Å². The van der Waals surface area contributed by atoms with Crippen molar-refractivity contribution in [1.82, 2.24) is 4.98 Å². The molecule has 0 aliphatic rings. The van der Waals surface area contributed by atoms with Gasteiger partial charge in [0.25, 0.3) is 0 Å². The fourth-order valence-corrected chi connectivity index (χ4v) is 3.21. The molecule has 110 valence electrons. The molecule has 0 bridgehead atoms. The zero-order valence-corrected chi connectivity index (χ0v) is 13.4. The van der Waals surface area contributed by atoms with Gasteiger partial charge in [0.15, 0.2) is 5.13 Å². The molecular formula is C16H24N2OS. The second kappa shape index (κ2) is 7.48. The van der Waals surface area contributed by atoms with Gasteiger partial charge < -0.3 is 10.1 Å². The average molecular weight is 292 g/mol. The molecule has 0 spiro atoms. The van der Waals surface area contributed by atoms with Crippen LogP contribution in [0.1, 0.15) is 46.5 Å². The van der Waals surface area contributed by atoms with Crippen LogP contribution in [0.5, 0.6) is 5.75 Å². The third kappa shape index (κ3) is 4.10. The summed E-state index contributed by atoms with van der Waals surface area (Å²) in [6.45, 7) is 7.17. The number of hydrogen-bond donors (Lipinski definition) is 1. The van der Waals surface area contributed by atoms with Crippen molar-refractivity contribution in [1.29, 1.82) is 0 Å². The van der Waals surface area contributed by atoms with Gasteiger partial charge in [-0.25, -0.2) is 4.98 Å². The summed E-state index contributed by atoms with van der Waals surface area (Å²) < 4.78 is 6.71. The highest BCUT2D eigenvalue weighted by atomic mass is 32.1. The number of aromatic nitrogens is 1. The number of nitrogens with zero attached hydrogens (tertiary/aromatic N) is 1. The molecule has 0 radical (unpaired) electrons. The second-order valence-corrected chi connectivity index (χ2v) is 6.15. The maximum absolute atomic E-state index is 5.53. The minimum absolute atomic E-state index is 0.480. The van der Waals surface area contributed by atoms with Crippen molar-refractivity contribution in [2.75, 3.05) is 11.9 Å². The summed E-state index contributed by atoms with van der Waals surface area (Å²) in [5.41, 5.74) is 1.04. The predicted octanol–water partition coefficient (Wildman–Crippen LogP) is 5.08. The van der Waals surface area contributed by atoms with Gasteiger partial charge in [-0.15, -0.1) is 0 Å². The van der Waals surface area contributed by atoms with Crippen LogP contribution in [0.15, 0.2) is 18.2 Å². The highest BCUT2D eigenvalue weighted by molar-refractivity contribution is 7.22. The highest BCUT2D eigenvalue weighted by Gasteiger charge is 2.08. The lowest BCUT2D eigenvalue weighted by Gasteiger charge is -2.11. The molecule has 0 saturated carbocycles. The summed E-state index contributed by atoms with van der Waals surface area (Å²) in [6.07, 6.45) is 5.07. The Morgan fingerprint density at radius 2 is 2.15 bits per heavy atom. The maximum atomic E-state index is 5.53. The number of anilines is 1. The molecule has 4 heteroatoms. The second-order valence-electron chi connectivity index (χ2n) is 5.12. The Labute approximate surface area is 125 Å². The van der Waals surface area contributed by atoms with Crippen LogP contribution in [0.25, 0.3) is 10.2 Å². The molecule has 1 aromatic heterocycles. The van der Waals surface area contributed by atoms with Crippen LogP contribution in [0.4, 0.5) is 5.13 Å². The van der Waals surface area contributed by atoms with Gasteiger partial charge in [-0.3, -0.25) is 0 Å². The first-order chi connectivity index (χ1) is 9.72. The van der Waals surface area contributed by atoms with Crippen molar-refractivity contribution in [3.8, 4) is 5.75 Å². The fourth-order valence-electron chi connectivity index (χ4n) is 2.21. The molecule has 1 unspecified atom stereocenters. The lowest BCUT2D eigenvalue weighted by atomic mass is 10.1. The lowest BCUT2D eigenvalue weighted by molar-refractivity contribution is 0.341. The Hall–Kier alpha value is -1.29. The van der Waals surface area contributed by atoms with E-state index in [1.54, 1.807) is 11.3 Å². The molecule has 1 aromatic carbocycles. The van der Waals surface area contributed by atoms with E-state index >= 15 is 0 Å². The molecule has 1 atom stereocenters. The Kier molecular flexibility index (Phi) is 5.65. The van der Waals surface area contributed by atoms with Crippen molar-refractivity contribution < 1.29 is 4.74 Å². The van der Waals surface area contributed by atoms with Crippen LogP contribution in [0.2, 0.25) is 0 Å². The van der Waals surface area contributed by atoms with E-state index in [1.807, 2.05) is 19.1 Å². The van der Waals surface area contributed by atoms with E-state index in [-0.39, 0.29) is 0 Å². The van der Waals surface area contributed by atoms with E-state index in [0.717, 1.165) is 16.4 Å². The molecular weight excluding hydrogens is 268 g/mol. The van der Waals surface area contributed by atoms with Gasteiger partial charge in [-0.1, -0.05) is 37.5 Å². The van der Waals surface area contributed by atoms with Crippen LogP contribution in [-0.2, 0) is 0 Å². The first-order valence-corrected chi connectivity index (χ1v) is 8.34. The van der Waals surface area contributed by atoms with E-state index in [9.17, 15) is 0 Å². The van der Waals surface area contributed by atoms with Crippen molar-refractivity contribution >= 4 is 26.7 Å². The number of fused-ring (bicyclic) bond motifs is 1. The maximum Gasteiger partial charge on any atom is 0.184 e. The summed E-state index contributed by atoms with van der Waals surface area (Å²) in [5, 5.41) is 4.52. The number of nitrogens with one attached hydrogen (secondary N) is 1. The summed E-state index contributed by atoms with van der Waals surface area (Å²) in [7, 11) is 0. The molecule has 2 rings (SSSR count). The van der Waals surface area contributed by atoms with Gasteiger partial charge >= 0.3 is 0 Å². The summed E-state index contributed by atoms with van der Waals surface area (Å²) in [6, 6.07) is 6.57. The molecule has 0 aliphatic heterocycles. The lowest BCUT2D eigenvalue weighted by Crippen LogP contribution is -2.14. The number of thiazole rings is 1. The fraction of sp³-hybridized carbons (Fsp3) is 0.562. The van der Waals surface area contributed by atoms with Crippen molar-refractivity contribution in [2.45, 2.75) is 52.5 Å². The van der Waals surface area contributed by atoms with Crippen molar-refractivity contribution in [2.24, 2.45) is 0 Å². The van der Waals surface area contributed by atoms with E-state index < -0.39 is 0 Å². The Morgan fingerprint density at radius 3 is 2.90 bits per heavy atom. The van der Waals surface area contributed by atoms with Crippen LogP contribution in [0, 0.1) is 0 Å². The third-order valence-corrected chi connectivity index (χ3v) is 4.23. The zero-order chi connectivity index (χ0) is 14.4. The number of unbranched alkanes of at least 4 members (excludes halogenated alkanes) is 2. The Bertz CT molecular complexity index is 538. The molecule has 2 aromatic rings. The monoisotopic (exact) mass is 292 g/mol. The van der Waals surface area contributed by atoms with Gasteiger partial charge in [0.2, 0.25) is 0 Å². The smallest absolute Gasteiger partial charge is 0.184 e. The largest absolute Gasteiger partial charge is 0.494 e. The number of benzene rings is 1. The molecule has 3 nitrogen and oxygen atoms in total. The SMILES string of the molecule is CCCCCC(C)Nc1nc2ccc(OCC)cc2s1. The standard InChI is InChI=1S/C16H24N2OS/c1-4-6-7-8-12(3)17-16-18-14-10-9-13(19-5-2)11-15(14)20-16/h9-12H,4-8H2,1-3H3,(H,17,18). The van der Waals surface area contributed by atoms with Crippen molar-refractivity contribution in [3.63, 3.8) is 0 Å². The Balaban J connectivity index is 2.00. The van der Waals surface area contributed by atoms with Gasteiger partial charge in [0, 0.05) is 6.04 Å². The average Bonchev–Trinajstić information content (AvgIpc) is 2.80. The van der Waals surface area contributed by atoms with Crippen LogP contribution in [0.3, 0.4) is 0 Å². The van der Waals surface area contributed by atoms with Crippen LogP contribution < -0.4 is 10.1 Å². The van der Waals surface area contributed by atoms with E-state index in [2.05, 4.69) is 30.2 Å². The first-order valence-electron chi connectivity index (χ1n) is 7.52. The molecule has 20 heavy (non-hydrogen) atoms. The summed E-state index contributed by atoms with van der Waals surface area (Å²) in [4.78, 5) is 4.63. The molecule has 0 fully saturated rings. The minimum Gasteiger partial charge on any atom is -0.494 e. The number of ether oxygens (including phenoxy) is 1. The predicted molar refractivity (Wildman–Crippen MR) is 88.0 cm³/mol. The van der Waals surface area contributed by atoms with Gasteiger partial charge in [-0.2, -0.15) is 0 Å². The molecule has 0 saturated heterocycles. The van der Waals surface area contributed by atoms with E-state index in [0.29, 0.717) is 12.6 Å². The van der Waals surface area contributed by atoms with Gasteiger partial charge in [-0.05, 0) is 38.5 Å². The van der Waals surface area contributed by atoms with Crippen LogP contribution >= 0.6 is 11.3 Å². The third-order valence-electron chi connectivity index (χ3n) is 3.28. The van der Waals surface area contributed by atoms with Crippen LogP contribution in [-0.4, -0.2) is 17.6 Å². The molecule has 0 aliphatic carbocycles. The minimum atomic E-state index is 0.480. The van der Waals surface area contributed by atoms with Gasteiger partial charge in [0.05, 0.1) is 16.8 Å². The van der Waals surface area contributed by atoms with Gasteiger partial charge in [0.1, 0.15) is 5.75 Å². The number of hydrogen-bond acceptors (Lipinski definition) is 4. The first kappa shape index (κ1) is 15.1. The molecule has 0 amide bonds. The topological polar surface area (TPSA) is 34.2 Å². The molecule has 1 heterocycles. The number of rotatable bonds is 8. The molecule has 1 N–H and O–H groups in total. The summed E-state index contributed by atoms with van der Waals surface area (Å²) >= 11 is 1.70. The van der Waals surface area contributed by atoms with E-state index in [4.69, 9.17) is 4.74 Å². The zero-order valence-electron chi connectivity index (χ0n) is 12.6. The Morgan fingerprint density at radius 1 is 1.30 bits per heavy atom.